The number of hydrogen-bond acceptors (Lipinski definition) is 6. The standard InChI is InChI=1S/C25H31F3N8O2/c1-2-36-14-19(35-18-5-3-4-16(12-18)25(26,27)28)21(23(36)38)22(15-6-8-17(29)9-7-15)34-13-20(37)32-10-11-33-24(30)31/h3-9,12,22,34-35H,2,10-11,13-14,29H2,1H3,(H,32,37)(H4,30,31,33)/t22-/m1/s1. The van der Waals surface area contributed by atoms with Crippen LogP contribution in [0.4, 0.5) is 24.5 Å². The molecular formula is C25H31F3N8O2. The highest BCUT2D eigenvalue weighted by Gasteiger charge is 2.36. The van der Waals surface area contributed by atoms with E-state index in [2.05, 4.69) is 20.9 Å². The molecule has 0 unspecified atom stereocenters. The van der Waals surface area contributed by atoms with Gasteiger partial charge in [-0.3, -0.25) is 19.9 Å². The Morgan fingerprint density at radius 2 is 1.87 bits per heavy atom. The van der Waals surface area contributed by atoms with Gasteiger partial charge in [-0.1, -0.05) is 18.2 Å². The summed E-state index contributed by atoms with van der Waals surface area (Å²) in [5.41, 5.74) is 17.6. The minimum absolute atomic E-state index is 0.0891. The number of nitrogen functional groups attached to an aromatic ring is 1. The van der Waals surface area contributed by atoms with Gasteiger partial charge in [-0.25, -0.2) is 0 Å². The highest BCUT2D eigenvalue weighted by molar-refractivity contribution is 5.99. The molecule has 0 bridgehead atoms. The second-order valence-electron chi connectivity index (χ2n) is 8.55. The van der Waals surface area contributed by atoms with Crippen molar-refractivity contribution in [2.24, 2.45) is 16.5 Å². The molecule has 0 saturated carbocycles. The predicted octanol–water partition coefficient (Wildman–Crippen LogP) is 1.54. The van der Waals surface area contributed by atoms with Crippen LogP contribution in [-0.2, 0) is 15.8 Å². The van der Waals surface area contributed by atoms with Crippen LogP contribution in [0.5, 0.6) is 0 Å². The molecule has 1 aliphatic heterocycles. The summed E-state index contributed by atoms with van der Waals surface area (Å²) in [5, 5.41) is 8.80. The number of hydrogen-bond donors (Lipinski definition) is 6. The summed E-state index contributed by atoms with van der Waals surface area (Å²) in [6.45, 7) is 2.61. The maximum atomic E-state index is 13.4. The molecule has 2 amide bonds. The number of benzene rings is 2. The van der Waals surface area contributed by atoms with Crippen molar-refractivity contribution in [2.45, 2.75) is 19.1 Å². The van der Waals surface area contributed by atoms with Gasteiger partial charge in [-0.15, -0.1) is 0 Å². The molecule has 3 rings (SSSR count). The first-order valence-electron chi connectivity index (χ1n) is 11.9. The van der Waals surface area contributed by atoms with Gasteiger partial charge in [0.05, 0.1) is 36.8 Å². The lowest BCUT2D eigenvalue weighted by atomic mass is 9.97. The van der Waals surface area contributed by atoms with E-state index >= 15 is 0 Å². The molecule has 10 nitrogen and oxygen atoms in total. The Balaban J connectivity index is 1.92. The van der Waals surface area contributed by atoms with Crippen LogP contribution in [0.25, 0.3) is 0 Å². The Hall–Kier alpha value is -4.26. The molecule has 0 aromatic heterocycles. The number of anilines is 2. The zero-order valence-electron chi connectivity index (χ0n) is 20.8. The number of nitrogens with two attached hydrogens (primary N) is 3. The van der Waals surface area contributed by atoms with E-state index < -0.39 is 17.8 Å². The van der Waals surface area contributed by atoms with Gasteiger partial charge >= 0.3 is 6.18 Å². The number of alkyl halides is 3. The quantitative estimate of drug-likeness (QED) is 0.111. The summed E-state index contributed by atoms with van der Waals surface area (Å²) >= 11 is 0. The lowest BCUT2D eigenvalue weighted by Crippen LogP contribution is -2.39. The van der Waals surface area contributed by atoms with Gasteiger partial charge in [0.2, 0.25) is 5.91 Å². The van der Waals surface area contributed by atoms with Crippen molar-refractivity contribution in [2.75, 3.05) is 43.8 Å². The number of aliphatic imine (C=N–C) groups is 1. The molecular weight excluding hydrogens is 501 g/mol. The first-order valence-corrected chi connectivity index (χ1v) is 11.9. The fourth-order valence-corrected chi connectivity index (χ4v) is 3.97. The van der Waals surface area contributed by atoms with Gasteiger partial charge < -0.3 is 32.7 Å². The monoisotopic (exact) mass is 532 g/mol. The van der Waals surface area contributed by atoms with E-state index in [-0.39, 0.29) is 49.6 Å². The van der Waals surface area contributed by atoms with Crippen molar-refractivity contribution < 1.29 is 22.8 Å². The van der Waals surface area contributed by atoms with Crippen LogP contribution < -0.4 is 33.2 Å². The molecule has 13 heteroatoms. The molecule has 0 aliphatic carbocycles. The topological polar surface area (TPSA) is 164 Å². The van der Waals surface area contributed by atoms with Crippen LogP contribution >= 0.6 is 0 Å². The van der Waals surface area contributed by atoms with Crippen LogP contribution in [-0.4, -0.2) is 55.4 Å². The third kappa shape index (κ3) is 7.38. The van der Waals surface area contributed by atoms with E-state index in [4.69, 9.17) is 17.2 Å². The van der Waals surface area contributed by atoms with Crippen molar-refractivity contribution in [3.63, 3.8) is 0 Å². The average Bonchev–Trinajstić information content (AvgIpc) is 3.17. The highest BCUT2D eigenvalue weighted by atomic mass is 19.4. The minimum Gasteiger partial charge on any atom is -0.399 e. The number of nitrogens with one attached hydrogen (secondary N) is 3. The Morgan fingerprint density at radius 3 is 2.50 bits per heavy atom. The lowest BCUT2D eigenvalue weighted by Gasteiger charge is -2.22. The van der Waals surface area contributed by atoms with E-state index in [1.54, 1.807) is 36.1 Å². The molecule has 204 valence electrons. The normalized spacial score (nSPS) is 14.4. The molecule has 1 atom stereocenters. The largest absolute Gasteiger partial charge is 0.416 e. The van der Waals surface area contributed by atoms with Gasteiger partial charge in [-0.2, -0.15) is 13.2 Å². The van der Waals surface area contributed by atoms with Crippen LogP contribution in [0.3, 0.4) is 0 Å². The summed E-state index contributed by atoms with van der Waals surface area (Å²) in [6, 6.07) is 10.8. The summed E-state index contributed by atoms with van der Waals surface area (Å²) in [6.07, 6.45) is -4.52. The maximum absolute atomic E-state index is 13.4. The summed E-state index contributed by atoms with van der Waals surface area (Å²) in [5.74, 6) is -0.750. The van der Waals surface area contributed by atoms with Gasteiger partial charge in [0.15, 0.2) is 5.96 Å². The molecule has 0 radical (unpaired) electrons. The van der Waals surface area contributed by atoms with Crippen molar-refractivity contribution >= 4 is 29.1 Å². The Labute approximate surface area is 218 Å². The van der Waals surface area contributed by atoms with Crippen molar-refractivity contribution in [3.05, 3.63) is 70.9 Å². The summed E-state index contributed by atoms with van der Waals surface area (Å²) < 4.78 is 39.8. The number of amides is 2. The third-order valence-corrected chi connectivity index (χ3v) is 5.81. The highest BCUT2D eigenvalue weighted by Crippen LogP contribution is 2.34. The van der Waals surface area contributed by atoms with E-state index in [1.807, 2.05) is 0 Å². The molecule has 1 aliphatic rings. The van der Waals surface area contributed by atoms with Gasteiger partial charge in [0.25, 0.3) is 5.91 Å². The number of carbonyl (C=O) groups excluding carboxylic acids is 2. The van der Waals surface area contributed by atoms with E-state index in [0.717, 1.165) is 12.1 Å². The molecule has 1 heterocycles. The number of rotatable bonds is 11. The van der Waals surface area contributed by atoms with Crippen LogP contribution in [0.15, 0.2) is 64.8 Å². The molecule has 0 saturated heterocycles. The van der Waals surface area contributed by atoms with Crippen molar-refractivity contribution in [3.8, 4) is 0 Å². The maximum Gasteiger partial charge on any atom is 0.416 e. The predicted molar refractivity (Wildman–Crippen MR) is 140 cm³/mol. The van der Waals surface area contributed by atoms with Crippen LogP contribution in [0.2, 0.25) is 0 Å². The summed E-state index contributed by atoms with van der Waals surface area (Å²) in [7, 11) is 0. The van der Waals surface area contributed by atoms with Gasteiger partial charge in [-0.05, 0) is 42.8 Å². The Bertz CT molecular complexity index is 1210. The number of carbonyl (C=O) groups is 2. The van der Waals surface area contributed by atoms with Crippen molar-refractivity contribution in [1.82, 2.24) is 15.5 Å². The van der Waals surface area contributed by atoms with E-state index in [9.17, 15) is 22.8 Å². The van der Waals surface area contributed by atoms with Crippen LogP contribution in [0, 0.1) is 0 Å². The molecule has 9 N–H and O–H groups in total. The minimum atomic E-state index is -4.52. The smallest absolute Gasteiger partial charge is 0.399 e. The molecule has 0 fully saturated rings. The van der Waals surface area contributed by atoms with Gasteiger partial charge in [0, 0.05) is 30.2 Å². The number of halogens is 3. The van der Waals surface area contributed by atoms with Gasteiger partial charge in [0.1, 0.15) is 0 Å². The zero-order valence-corrected chi connectivity index (χ0v) is 20.8. The first-order chi connectivity index (χ1) is 18.0. The number of guanidine groups is 1. The zero-order chi connectivity index (χ0) is 27.9. The van der Waals surface area contributed by atoms with Crippen LogP contribution in [0.1, 0.15) is 24.1 Å². The SMILES string of the molecule is CCN1CC(Nc2cccc(C(F)(F)F)c2)=C([C@H](NCC(=O)NCCN=C(N)N)c2ccc(N)cc2)C1=O. The molecule has 2 aromatic rings. The third-order valence-electron chi connectivity index (χ3n) is 5.81. The Kier molecular flexibility index (Phi) is 9.18. The fourth-order valence-electron chi connectivity index (χ4n) is 3.97. The van der Waals surface area contributed by atoms with E-state index in [0.29, 0.717) is 29.1 Å². The Morgan fingerprint density at radius 1 is 1.16 bits per heavy atom. The molecule has 2 aromatic carbocycles. The average molecular weight is 533 g/mol. The molecule has 0 spiro atoms. The van der Waals surface area contributed by atoms with E-state index in [1.165, 1.54) is 12.1 Å². The second-order valence-corrected chi connectivity index (χ2v) is 8.55. The first kappa shape index (κ1) is 28.3. The van der Waals surface area contributed by atoms with Crippen molar-refractivity contribution in [1.29, 1.82) is 0 Å². The molecule has 38 heavy (non-hydrogen) atoms. The lowest BCUT2D eigenvalue weighted by molar-refractivity contribution is -0.137. The second kappa shape index (κ2) is 12.3. The fraction of sp³-hybridized carbons (Fsp3) is 0.320. The summed E-state index contributed by atoms with van der Waals surface area (Å²) in [4.78, 5) is 31.2. The number of likely N-dealkylation sites (N-methyl/N-ethyl adjacent to an activating group) is 1. The number of nitrogens with zero attached hydrogens (tertiary/aromatic N) is 2.